The number of hydrogen-bond donors (Lipinski definition) is 0. The van der Waals surface area contributed by atoms with Gasteiger partial charge in [-0.05, 0) is 6.42 Å². The summed E-state index contributed by atoms with van der Waals surface area (Å²) in [5.41, 5.74) is 0. The molecule has 0 aliphatic rings. The van der Waals surface area contributed by atoms with Crippen LogP contribution in [0.2, 0.25) is 0 Å². The minimum atomic E-state index is -0.414. The molecule has 25 heavy (non-hydrogen) atoms. The molecule has 0 aromatic rings. The van der Waals surface area contributed by atoms with E-state index in [9.17, 15) is 9.59 Å². The quantitative estimate of drug-likeness (QED) is 0.290. The topological polar surface area (TPSA) is 80.3 Å². The third-order valence-electron chi connectivity index (χ3n) is 3.67. The molecule has 148 valence electrons. The first-order valence-corrected chi connectivity index (χ1v) is 9.04. The molecule has 0 rings (SSSR count). The first-order valence-electron chi connectivity index (χ1n) is 9.04. The molecule has 0 saturated heterocycles. The van der Waals surface area contributed by atoms with Gasteiger partial charge in [0, 0.05) is 0 Å². The fraction of sp³-hybridized carbons (Fsp3) is 0.889. The van der Waals surface area contributed by atoms with Crippen molar-refractivity contribution in [1.82, 2.24) is 0 Å². The molecule has 0 saturated carbocycles. The Kier molecular flexibility index (Phi) is 16.8. The molecule has 0 radical (unpaired) electrons. The SMILES string of the molecule is CCCCCCCCC(COCCOCC(=O)OC)OCC(=O)OC. The van der Waals surface area contributed by atoms with Crippen LogP contribution in [-0.2, 0) is 33.3 Å². The van der Waals surface area contributed by atoms with Crippen LogP contribution in [0.3, 0.4) is 0 Å². The average molecular weight is 362 g/mol. The van der Waals surface area contributed by atoms with Crippen LogP contribution >= 0.6 is 0 Å². The van der Waals surface area contributed by atoms with Gasteiger partial charge in [0.15, 0.2) is 0 Å². The highest BCUT2D eigenvalue weighted by Crippen LogP contribution is 2.11. The Morgan fingerprint density at radius 2 is 1.40 bits per heavy atom. The summed E-state index contributed by atoms with van der Waals surface area (Å²) in [5.74, 6) is -0.809. The lowest BCUT2D eigenvalue weighted by Gasteiger charge is -2.17. The van der Waals surface area contributed by atoms with Gasteiger partial charge < -0.3 is 23.7 Å². The Morgan fingerprint density at radius 3 is 2.08 bits per heavy atom. The Bertz CT molecular complexity index is 333. The smallest absolute Gasteiger partial charge is 0.331 e. The summed E-state index contributed by atoms with van der Waals surface area (Å²) < 4.78 is 25.3. The standard InChI is InChI=1S/C18H34O7/c1-4-5-6-7-8-9-10-16(25-15-18(20)22-3)13-23-11-12-24-14-17(19)21-2/h16H,4-15H2,1-3H3. The second-order valence-corrected chi connectivity index (χ2v) is 5.77. The van der Waals surface area contributed by atoms with Crippen molar-refractivity contribution in [3.05, 3.63) is 0 Å². The molecule has 0 aromatic carbocycles. The maximum atomic E-state index is 11.2. The highest BCUT2D eigenvalue weighted by atomic mass is 16.6. The van der Waals surface area contributed by atoms with Gasteiger partial charge in [0.2, 0.25) is 0 Å². The largest absolute Gasteiger partial charge is 0.467 e. The van der Waals surface area contributed by atoms with Crippen molar-refractivity contribution in [3.63, 3.8) is 0 Å². The van der Waals surface area contributed by atoms with Crippen LogP contribution in [0.25, 0.3) is 0 Å². The van der Waals surface area contributed by atoms with E-state index in [-0.39, 0.29) is 19.3 Å². The molecule has 7 nitrogen and oxygen atoms in total. The predicted molar refractivity (Wildman–Crippen MR) is 93.4 cm³/mol. The number of carbonyl (C=O) groups excluding carboxylic acids is 2. The molecule has 0 N–H and O–H groups in total. The highest BCUT2D eigenvalue weighted by molar-refractivity contribution is 5.70. The molecule has 0 spiro atoms. The Balaban J connectivity index is 3.88. The molecule has 0 aromatic heterocycles. The maximum Gasteiger partial charge on any atom is 0.331 e. The third-order valence-corrected chi connectivity index (χ3v) is 3.67. The van der Waals surface area contributed by atoms with Gasteiger partial charge in [0.25, 0.3) is 0 Å². The van der Waals surface area contributed by atoms with E-state index < -0.39 is 11.9 Å². The lowest BCUT2D eigenvalue weighted by molar-refractivity contribution is -0.149. The van der Waals surface area contributed by atoms with E-state index in [1.807, 2.05) is 0 Å². The van der Waals surface area contributed by atoms with Gasteiger partial charge in [-0.25, -0.2) is 9.59 Å². The molecule has 0 heterocycles. The highest BCUT2D eigenvalue weighted by Gasteiger charge is 2.12. The lowest BCUT2D eigenvalue weighted by Crippen LogP contribution is -2.25. The van der Waals surface area contributed by atoms with Gasteiger partial charge in [-0.15, -0.1) is 0 Å². The van der Waals surface area contributed by atoms with Crippen LogP contribution in [0.1, 0.15) is 51.9 Å². The summed E-state index contributed by atoms with van der Waals surface area (Å²) in [4.78, 5) is 22.1. The summed E-state index contributed by atoms with van der Waals surface area (Å²) >= 11 is 0. The second-order valence-electron chi connectivity index (χ2n) is 5.77. The van der Waals surface area contributed by atoms with E-state index in [1.54, 1.807) is 0 Å². The monoisotopic (exact) mass is 362 g/mol. The van der Waals surface area contributed by atoms with E-state index in [4.69, 9.17) is 14.2 Å². The summed E-state index contributed by atoms with van der Waals surface area (Å²) in [6, 6.07) is 0. The van der Waals surface area contributed by atoms with Gasteiger partial charge >= 0.3 is 11.9 Å². The molecule has 7 heteroatoms. The lowest BCUT2D eigenvalue weighted by atomic mass is 10.1. The Labute approximate surface area is 151 Å². The molecule has 1 unspecified atom stereocenters. The molecule has 0 amide bonds. The minimum absolute atomic E-state index is 0.0702. The Hall–Kier alpha value is -1.18. The van der Waals surface area contributed by atoms with Gasteiger partial charge in [-0.2, -0.15) is 0 Å². The number of unbranched alkanes of at least 4 members (excludes halogenated alkanes) is 5. The fourth-order valence-electron chi connectivity index (χ4n) is 2.16. The van der Waals surface area contributed by atoms with Gasteiger partial charge in [-0.1, -0.05) is 45.4 Å². The molecular weight excluding hydrogens is 328 g/mol. The van der Waals surface area contributed by atoms with Crippen molar-refractivity contribution in [1.29, 1.82) is 0 Å². The van der Waals surface area contributed by atoms with E-state index in [0.717, 1.165) is 19.3 Å². The van der Waals surface area contributed by atoms with Gasteiger partial charge in [-0.3, -0.25) is 0 Å². The minimum Gasteiger partial charge on any atom is -0.467 e. The molecule has 0 aliphatic heterocycles. The normalized spacial score (nSPS) is 12.0. The fourth-order valence-corrected chi connectivity index (χ4v) is 2.16. The van der Waals surface area contributed by atoms with E-state index >= 15 is 0 Å². The molecule has 0 fully saturated rings. The van der Waals surface area contributed by atoms with E-state index in [0.29, 0.717) is 19.8 Å². The van der Waals surface area contributed by atoms with E-state index in [2.05, 4.69) is 16.4 Å². The molecular formula is C18H34O7. The zero-order chi connectivity index (χ0) is 18.8. The zero-order valence-electron chi connectivity index (χ0n) is 15.9. The Morgan fingerprint density at radius 1 is 0.800 bits per heavy atom. The van der Waals surface area contributed by atoms with E-state index in [1.165, 1.54) is 39.9 Å². The van der Waals surface area contributed by atoms with Crippen molar-refractivity contribution >= 4 is 11.9 Å². The summed E-state index contributed by atoms with van der Waals surface area (Å²) in [5, 5.41) is 0. The van der Waals surface area contributed by atoms with Crippen molar-refractivity contribution in [2.75, 3.05) is 47.3 Å². The first kappa shape index (κ1) is 23.8. The van der Waals surface area contributed by atoms with Crippen LogP contribution < -0.4 is 0 Å². The van der Waals surface area contributed by atoms with Gasteiger partial charge in [0.05, 0.1) is 40.1 Å². The number of ether oxygens (including phenoxy) is 5. The summed E-state index contributed by atoms with van der Waals surface area (Å²) in [6.45, 7) is 3.08. The maximum absolute atomic E-state index is 11.2. The third kappa shape index (κ3) is 16.1. The average Bonchev–Trinajstić information content (AvgIpc) is 2.63. The van der Waals surface area contributed by atoms with Crippen LogP contribution in [0.15, 0.2) is 0 Å². The molecule has 1 atom stereocenters. The van der Waals surface area contributed by atoms with Crippen LogP contribution in [0.5, 0.6) is 0 Å². The number of carbonyl (C=O) groups is 2. The van der Waals surface area contributed by atoms with Crippen molar-refractivity contribution in [2.45, 2.75) is 58.0 Å². The van der Waals surface area contributed by atoms with Crippen molar-refractivity contribution in [2.24, 2.45) is 0 Å². The zero-order valence-corrected chi connectivity index (χ0v) is 15.9. The van der Waals surface area contributed by atoms with Crippen LogP contribution in [0.4, 0.5) is 0 Å². The van der Waals surface area contributed by atoms with Crippen molar-refractivity contribution < 1.29 is 33.3 Å². The van der Waals surface area contributed by atoms with Gasteiger partial charge in [0.1, 0.15) is 13.2 Å². The molecule has 0 bridgehead atoms. The summed E-state index contributed by atoms with van der Waals surface area (Å²) in [6.07, 6.45) is 7.88. The number of hydrogen-bond acceptors (Lipinski definition) is 7. The summed E-state index contributed by atoms with van der Waals surface area (Å²) in [7, 11) is 2.65. The second kappa shape index (κ2) is 17.6. The first-order chi connectivity index (χ1) is 12.1. The van der Waals surface area contributed by atoms with Crippen LogP contribution in [-0.4, -0.2) is 65.3 Å². The molecule has 0 aliphatic carbocycles. The number of methoxy groups -OCH3 is 2. The number of esters is 2. The number of rotatable bonds is 17. The van der Waals surface area contributed by atoms with Crippen LogP contribution in [0, 0.1) is 0 Å². The predicted octanol–water partition coefficient (Wildman–Crippen LogP) is 2.50. The van der Waals surface area contributed by atoms with Crippen molar-refractivity contribution in [3.8, 4) is 0 Å².